The molecule has 0 aromatic heterocycles. The first-order chi connectivity index (χ1) is 9.66. The number of carbonyl (C=O) groups is 1. The summed E-state index contributed by atoms with van der Waals surface area (Å²) in [5, 5.41) is 6.62. The monoisotopic (exact) mass is 272 g/mol. The Labute approximate surface area is 121 Å². The average Bonchev–Trinajstić information content (AvgIpc) is 2.89. The minimum absolute atomic E-state index is 0.132. The maximum Gasteiger partial charge on any atom is 0.223 e. The lowest BCUT2D eigenvalue weighted by Gasteiger charge is -2.34. The van der Waals surface area contributed by atoms with E-state index in [9.17, 15) is 4.79 Å². The second kappa shape index (κ2) is 5.57. The number of amides is 1. The van der Waals surface area contributed by atoms with E-state index in [-0.39, 0.29) is 17.2 Å². The van der Waals surface area contributed by atoms with E-state index in [1.54, 1.807) is 0 Å². The molecule has 1 aliphatic heterocycles. The molecule has 0 saturated carbocycles. The third kappa shape index (κ3) is 2.88. The first kappa shape index (κ1) is 13.6. The number of hydrogen-bond donors (Lipinski definition) is 2. The Balaban J connectivity index is 1.53. The van der Waals surface area contributed by atoms with E-state index < -0.39 is 0 Å². The fourth-order valence-corrected chi connectivity index (χ4v) is 3.46. The van der Waals surface area contributed by atoms with Crippen LogP contribution >= 0.6 is 0 Å². The lowest BCUT2D eigenvalue weighted by Crippen LogP contribution is -2.46. The van der Waals surface area contributed by atoms with E-state index in [0.717, 1.165) is 32.5 Å². The zero-order chi connectivity index (χ0) is 14.0. The molecule has 108 valence electrons. The molecule has 2 aliphatic rings. The molecule has 0 spiro atoms. The van der Waals surface area contributed by atoms with E-state index >= 15 is 0 Å². The Hall–Kier alpha value is -1.35. The van der Waals surface area contributed by atoms with Gasteiger partial charge in [0.05, 0.1) is 0 Å². The highest BCUT2D eigenvalue weighted by atomic mass is 16.1. The summed E-state index contributed by atoms with van der Waals surface area (Å²) in [4.78, 5) is 12.4. The molecule has 1 saturated heterocycles. The predicted octanol–water partition coefficient (Wildman–Crippen LogP) is 1.91. The molecule has 1 heterocycles. The second-order valence-electron chi connectivity index (χ2n) is 6.68. The topological polar surface area (TPSA) is 41.1 Å². The minimum Gasteiger partial charge on any atom is -0.355 e. The van der Waals surface area contributed by atoms with Crippen LogP contribution in [-0.2, 0) is 17.6 Å². The SMILES string of the molecule is CC1(CNC(=O)C2Cc3ccccc3C2)CCCNC1. The van der Waals surface area contributed by atoms with E-state index in [1.807, 2.05) is 0 Å². The van der Waals surface area contributed by atoms with Crippen LogP contribution in [0.5, 0.6) is 0 Å². The summed E-state index contributed by atoms with van der Waals surface area (Å²) in [5.74, 6) is 0.362. The van der Waals surface area contributed by atoms with Crippen LogP contribution in [0.25, 0.3) is 0 Å². The Morgan fingerprint density at radius 2 is 2.05 bits per heavy atom. The van der Waals surface area contributed by atoms with Crippen molar-refractivity contribution in [2.24, 2.45) is 11.3 Å². The first-order valence-electron chi connectivity index (χ1n) is 7.72. The highest BCUT2D eigenvalue weighted by Crippen LogP contribution is 2.28. The molecule has 2 N–H and O–H groups in total. The fraction of sp³-hybridized carbons (Fsp3) is 0.588. The quantitative estimate of drug-likeness (QED) is 0.882. The lowest BCUT2D eigenvalue weighted by atomic mass is 9.82. The normalized spacial score (nSPS) is 26.2. The van der Waals surface area contributed by atoms with Crippen molar-refractivity contribution in [1.82, 2.24) is 10.6 Å². The largest absolute Gasteiger partial charge is 0.355 e. The molecular weight excluding hydrogens is 248 g/mol. The number of carbonyl (C=O) groups excluding carboxylic acids is 1. The minimum atomic E-state index is 0.132. The van der Waals surface area contributed by atoms with Crippen LogP contribution in [0.3, 0.4) is 0 Å². The van der Waals surface area contributed by atoms with Gasteiger partial charge >= 0.3 is 0 Å². The number of benzene rings is 1. The van der Waals surface area contributed by atoms with Gasteiger partial charge < -0.3 is 10.6 Å². The van der Waals surface area contributed by atoms with E-state index in [4.69, 9.17) is 0 Å². The van der Waals surface area contributed by atoms with Crippen molar-refractivity contribution in [3.05, 3.63) is 35.4 Å². The molecule has 20 heavy (non-hydrogen) atoms. The molecule has 1 aliphatic carbocycles. The van der Waals surface area contributed by atoms with Gasteiger partial charge in [0, 0.05) is 19.0 Å². The smallest absolute Gasteiger partial charge is 0.223 e. The lowest BCUT2D eigenvalue weighted by molar-refractivity contribution is -0.125. The Bertz CT molecular complexity index is 467. The number of fused-ring (bicyclic) bond motifs is 1. The molecule has 1 aromatic carbocycles. The number of nitrogens with one attached hydrogen (secondary N) is 2. The highest BCUT2D eigenvalue weighted by Gasteiger charge is 2.30. The van der Waals surface area contributed by atoms with Crippen molar-refractivity contribution >= 4 is 5.91 Å². The summed E-state index contributed by atoms with van der Waals surface area (Å²) in [6, 6.07) is 8.42. The van der Waals surface area contributed by atoms with Crippen LogP contribution in [0, 0.1) is 11.3 Å². The number of piperidine rings is 1. The molecule has 3 rings (SSSR count). The molecule has 1 aromatic rings. The number of rotatable bonds is 3. The van der Waals surface area contributed by atoms with Crippen LogP contribution in [0.15, 0.2) is 24.3 Å². The summed E-state index contributed by atoms with van der Waals surface area (Å²) in [7, 11) is 0. The molecule has 3 heteroatoms. The van der Waals surface area contributed by atoms with Crippen LogP contribution in [0.2, 0.25) is 0 Å². The second-order valence-corrected chi connectivity index (χ2v) is 6.68. The summed E-state index contributed by atoms with van der Waals surface area (Å²) in [6.07, 6.45) is 4.21. The maximum absolute atomic E-state index is 12.4. The fourth-order valence-electron chi connectivity index (χ4n) is 3.46. The molecule has 0 radical (unpaired) electrons. The first-order valence-corrected chi connectivity index (χ1v) is 7.72. The molecule has 1 unspecified atom stereocenters. The molecular formula is C17H24N2O. The van der Waals surface area contributed by atoms with Crippen molar-refractivity contribution in [3.63, 3.8) is 0 Å². The standard InChI is InChI=1S/C17H24N2O/c1-17(7-4-8-18-11-17)12-19-16(20)15-9-13-5-2-3-6-14(13)10-15/h2-3,5-6,15,18H,4,7-12H2,1H3,(H,19,20). The zero-order valence-electron chi connectivity index (χ0n) is 12.2. The van der Waals surface area contributed by atoms with Gasteiger partial charge in [-0.3, -0.25) is 4.79 Å². The maximum atomic E-state index is 12.4. The van der Waals surface area contributed by atoms with Gasteiger partial charge in [-0.15, -0.1) is 0 Å². The molecule has 1 fully saturated rings. The van der Waals surface area contributed by atoms with Gasteiger partial charge in [0.15, 0.2) is 0 Å². The predicted molar refractivity (Wildman–Crippen MR) is 80.6 cm³/mol. The summed E-state index contributed by atoms with van der Waals surface area (Å²) < 4.78 is 0. The summed E-state index contributed by atoms with van der Waals surface area (Å²) in [5.41, 5.74) is 2.91. The van der Waals surface area contributed by atoms with Gasteiger partial charge in [0.2, 0.25) is 5.91 Å². The van der Waals surface area contributed by atoms with E-state index in [2.05, 4.69) is 41.8 Å². The molecule has 3 nitrogen and oxygen atoms in total. The van der Waals surface area contributed by atoms with Gasteiger partial charge in [-0.1, -0.05) is 31.2 Å². The van der Waals surface area contributed by atoms with E-state index in [1.165, 1.54) is 24.0 Å². The van der Waals surface area contributed by atoms with Gasteiger partial charge in [-0.2, -0.15) is 0 Å². The van der Waals surface area contributed by atoms with Crippen LogP contribution in [0.1, 0.15) is 30.9 Å². The summed E-state index contributed by atoms with van der Waals surface area (Å²) in [6.45, 7) is 5.19. The van der Waals surface area contributed by atoms with Crippen molar-refractivity contribution in [3.8, 4) is 0 Å². The molecule has 1 amide bonds. The van der Waals surface area contributed by atoms with Crippen molar-refractivity contribution < 1.29 is 4.79 Å². The molecule has 1 atom stereocenters. The van der Waals surface area contributed by atoms with Gasteiger partial charge in [0.25, 0.3) is 0 Å². The Kier molecular flexibility index (Phi) is 3.79. The third-order valence-corrected chi connectivity index (χ3v) is 4.80. The van der Waals surface area contributed by atoms with E-state index in [0.29, 0.717) is 0 Å². The number of hydrogen-bond acceptors (Lipinski definition) is 2. The van der Waals surface area contributed by atoms with Crippen molar-refractivity contribution in [2.45, 2.75) is 32.6 Å². The summed E-state index contributed by atoms with van der Waals surface area (Å²) >= 11 is 0. The van der Waals surface area contributed by atoms with Crippen LogP contribution in [0.4, 0.5) is 0 Å². The van der Waals surface area contributed by atoms with Crippen molar-refractivity contribution in [1.29, 1.82) is 0 Å². The Morgan fingerprint density at radius 1 is 1.35 bits per heavy atom. The van der Waals surface area contributed by atoms with Gasteiger partial charge in [0.1, 0.15) is 0 Å². The third-order valence-electron chi connectivity index (χ3n) is 4.80. The van der Waals surface area contributed by atoms with Gasteiger partial charge in [-0.05, 0) is 48.8 Å². The van der Waals surface area contributed by atoms with Crippen molar-refractivity contribution in [2.75, 3.05) is 19.6 Å². The van der Waals surface area contributed by atoms with Gasteiger partial charge in [-0.25, -0.2) is 0 Å². The Morgan fingerprint density at radius 3 is 2.65 bits per heavy atom. The highest BCUT2D eigenvalue weighted by molar-refractivity contribution is 5.80. The average molecular weight is 272 g/mol. The van der Waals surface area contributed by atoms with Crippen LogP contribution < -0.4 is 10.6 Å². The molecule has 0 bridgehead atoms. The van der Waals surface area contributed by atoms with Crippen LogP contribution in [-0.4, -0.2) is 25.5 Å². The zero-order valence-corrected chi connectivity index (χ0v) is 12.2.